The van der Waals surface area contributed by atoms with Gasteiger partial charge in [-0.25, -0.2) is 8.42 Å². The first-order valence-electron chi connectivity index (χ1n) is 6.34. The largest absolute Gasteiger partial charge is 0.374 e. The van der Waals surface area contributed by atoms with Crippen molar-refractivity contribution in [3.63, 3.8) is 0 Å². The van der Waals surface area contributed by atoms with E-state index in [9.17, 15) is 8.42 Å². The molecule has 0 aliphatic carbocycles. The van der Waals surface area contributed by atoms with E-state index in [4.69, 9.17) is 15.7 Å². The highest BCUT2D eigenvalue weighted by Gasteiger charge is 2.29. The molecule has 0 bridgehead atoms. The van der Waals surface area contributed by atoms with Gasteiger partial charge in [-0.3, -0.25) is 0 Å². The first-order chi connectivity index (χ1) is 9.56. The number of nitrogens with zero attached hydrogens (tertiary/aromatic N) is 2. The van der Waals surface area contributed by atoms with Crippen molar-refractivity contribution in [2.45, 2.75) is 11.9 Å². The SMILES string of the molecule is N#Cc1ccccc1CS(=O)(=O)N1CCOC(CN)C1. The van der Waals surface area contributed by atoms with Gasteiger partial charge >= 0.3 is 0 Å². The Morgan fingerprint density at radius 3 is 2.90 bits per heavy atom. The third kappa shape index (κ3) is 3.35. The molecule has 0 spiro atoms. The van der Waals surface area contributed by atoms with E-state index in [0.29, 0.717) is 30.8 Å². The second-order valence-electron chi connectivity index (χ2n) is 4.61. The van der Waals surface area contributed by atoms with Crippen molar-refractivity contribution in [2.75, 3.05) is 26.2 Å². The topological polar surface area (TPSA) is 96.4 Å². The number of hydrogen-bond donors (Lipinski definition) is 1. The molecule has 1 saturated heterocycles. The maximum Gasteiger partial charge on any atom is 0.218 e. The zero-order chi connectivity index (χ0) is 14.6. The van der Waals surface area contributed by atoms with Gasteiger partial charge in [0, 0.05) is 19.6 Å². The van der Waals surface area contributed by atoms with Crippen LogP contribution in [0.2, 0.25) is 0 Å². The van der Waals surface area contributed by atoms with Crippen LogP contribution in [0.5, 0.6) is 0 Å². The summed E-state index contributed by atoms with van der Waals surface area (Å²) in [5.74, 6) is -0.173. The van der Waals surface area contributed by atoms with Crippen molar-refractivity contribution in [3.05, 3.63) is 35.4 Å². The lowest BCUT2D eigenvalue weighted by Crippen LogP contribution is -2.48. The molecular weight excluding hydrogens is 278 g/mol. The zero-order valence-electron chi connectivity index (χ0n) is 11.0. The summed E-state index contributed by atoms with van der Waals surface area (Å²) in [5.41, 5.74) is 6.43. The molecule has 20 heavy (non-hydrogen) atoms. The van der Waals surface area contributed by atoms with Crippen LogP contribution < -0.4 is 5.73 Å². The van der Waals surface area contributed by atoms with E-state index < -0.39 is 10.0 Å². The summed E-state index contributed by atoms with van der Waals surface area (Å²) in [5, 5.41) is 9.01. The molecule has 1 aromatic carbocycles. The maximum absolute atomic E-state index is 12.4. The summed E-state index contributed by atoms with van der Waals surface area (Å²) in [6.45, 7) is 1.24. The highest BCUT2D eigenvalue weighted by atomic mass is 32.2. The fraction of sp³-hybridized carbons (Fsp3) is 0.462. The highest BCUT2D eigenvalue weighted by Crippen LogP contribution is 2.17. The lowest BCUT2D eigenvalue weighted by atomic mass is 10.1. The second kappa shape index (κ2) is 6.33. The monoisotopic (exact) mass is 295 g/mol. The van der Waals surface area contributed by atoms with Crippen molar-refractivity contribution >= 4 is 10.0 Å². The molecule has 6 nitrogen and oxygen atoms in total. The van der Waals surface area contributed by atoms with Crippen LogP contribution in [0, 0.1) is 11.3 Å². The van der Waals surface area contributed by atoms with E-state index >= 15 is 0 Å². The van der Waals surface area contributed by atoms with E-state index in [0.717, 1.165) is 0 Å². The number of nitriles is 1. The molecular formula is C13H17N3O3S. The first kappa shape index (κ1) is 14.9. The molecule has 1 aliphatic rings. The smallest absolute Gasteiger partial charge is 0.218 e. The number of morpholine rings is 1. The van der Waals surface area contributed by atoms with Crippen molar-refractivity contribution < 1.29 is 13.2 Å². The van der Waals surface area contributed by atoms with Crippen LogP contribution in [0.1, 0.15) is 11.1 Å². The average Bonchev–Trinajstić information content (AvgIpc) is 2.47. The fourth-order valence-electron chi connectivity index (χ4n) is 2.13. The normalized spacial score (nSPS) is 20.5. The quantitative estimate of drug-likeness (QED) is 0.846. The predicted octanol–water partition coefficient (Wildman–Crippen LogP) is 0.0476. The number of rotatable bonds is 4. The summed E-state index contributed by atoms with van der Waals surface area (Å²) < 4.78 is 31.6. The van der Waals surface area contributed by atoms with Gasteiger partial charge in [0.15, 0.2) is 0 Å². The third-order valence-corrected chi connectivity index (χ3v) is 5.03. The minimum Gasteiger partial charge on any atom is -0.374 e. The fourth-order valence-corrected chi connectivity index (χ4v) is 3.70. The summed E-state index contributed by atoms with van der Waals surface area (Å²) in [4.78, 5) is 0. The number of sulfonamides is 1. The molecule has 0 radical (unpaired) electrons. The molecule has 2 N–H and O–H groups in total. The van der Waals surface area contributed by atoms with Crippen molar-refractivity contribution in [3.8, 4) is 6.07 Å². The molecule has 2 rings (SSSR count). The summed E-state index contributed by atoms with van der Waals surface area (Å²) >= 11 is 0. The van der Waals surface area contributed by atoms with Gasteiger partial charge in [0.1, 0.15) is 0 Å². The molecule has 1 aromatic rings. The van der Waals surface area contributed by atoms with Crippen LogP contribution in [0.15, 0.2) is 24.3 Å². The van der Waals surface area contributed by atoms with E-state index in [1.165, 1.54) is 4.31 Å². The molecule has 0 amide bonds. The molecule has 1 heterocycles. The number of hydrogen-bond acceptors (Lipinski definition) is 5. The van der Waals surface area contributed by atoms with Gasteiger partial charge in [0.2, 0.25) is 10.0 Å². The van der Waals surface area contributed by atoms with Gasteiger partial charge in [0.25, 0.3) is 0 Å². The van der Waals surface area contributed by atoms with E-state index in [2.05, 4.69) is 0 Å². The van der Waals surface area contributed by atoms with Crippen molar-refractivity contribution in [1.82, 2.24) is 4.31 Å². The molecule has 1 unspecified atom stereocenters. The van der Waals surface area contributed by atoms with E-state index in [-0.39, 0.29) is 18.4 Å². The number of ether oxygens (including phenoxy) is 1. The van der Waals surface area contributed by atoms with Gasteiger partial charge in [-0.2, -0.15) is 9.57 Å². The Balaban J connectivity index is 2.17. The molecule has 1 aliphatic heterocycles. The van der Waals surface area contributed by atoms with Gasteiger partial charge in [-0.1, -0.05) is 18.2 Å². The second-order valence-corrected chi connectivity index (χ2v) is 6.58. The summed E-state index contributed by atoms with van der Waals surface area (Å²) in [7, 11) is -3.47. The van der Waals surface area contributed by atoms with E-state index in [1.54, 1.807) is 24.3 Å². The Hall–Kier alpha value is -1.46. The third-order valence-electron chi connectivity index (χ3n) is 3.23. The standard InChI is InChI=1S/C13H17N3O3S/c14-7-11-3-1-2-4-12(11)10-20(17,18)16-5-6-19-13(8-15)9-16/h1-4,13H,5-6,8-10,15H2. The first-order valence-corrected chi connectivity index (χ1v) is 7.95. The molecule has 108 valence electrons. The Labute approximate surface area is 118 Å². The van der Waals surface area contributed by atoms with E-state index in [1.807, 2.05) is 6.07 Å². The predicted molar refractivity (Wildman–Crippen MR) is 74.1 cm³/mol. The number of benzene rings is 1. The maximum atomic E-state index is 12.4. The lowest BCUT2D eigenvalue weighted by Gasteiger charge is -2.31. The minimum atomic E-state index is -3.47. The van der Waals surface area contributed by atoms with Crippen LogP contribution in [0.4, 0.5) is 0 Å². The van der Waals surface area contributed by atoms with Gasteiger partial charge < -0.3 is 10.5 Å². The molecule has 0 aromatic heterocycles. The lowest BCUT2D eigenvalue weighted by molar-refractivity contribution is 0.00446. The summed E-state index contributed by atoms with van der Waals surface area (Å²) in [6, 6.07) is 8.74. The van der Waals surface area contributed by atoms with Gasteiger partial charge in [0.05, 0.1) is 30.1 Å². The Morgan fingerprint density at radius 2 is 2.20 bits per heavy atom. The Morgan fingerprint density at radius 1 is 1.45 bits per heavy atom. The minimum absolute atomic E-state index is 0.173. The zero-order valence-corrected chi connectivity index (χ0v) is 11.8. The van der Waals surface area contributed by atoms with Crippen molar-refractivity contribution in [1.29, 1.82) is 5.26 Å². The summed E-state index contributed by atoms with van der Waals surface area (Å²) in [6.07, 6.45) is -0.260. The average molecular weight is 295 g/mol. The Kier molecular flexibility index (Phi) is 4.73. The van der Waals surface area contributed by atoms with Gasteiger partial charge in [-0.05, 0) is 11.6 Å². The molecule has 1 atom stereocenters. The molecule has 1 fully saturated rings. The van der Waals surface area contributed by atoms with Crippen LogP contribution in [-0.4, -0.2) is 45.1 Å². The van der Waals surface area contributed by atoms with Crippen LogP contribution in [-0.2, 0) is 20.5 Å². The van der Waals surface area contributed by atoms with Crippen LogP contribution in [0.25, 0.3) is 0 Å². The molecule has 0 saturated carbocycles. The van der Waals surface area contributed by atoms with Gasteiger partial charge in [-0.15, -0.1) is 0 Å². The number of nitrogens with two attached hydrogens (primary N) is 1. The Bertz CT molecular complexity index is 610. The molecule has 7 heteroatoms. The van der Waals surface area contributed by atoms with Crippen LogP contribution in [0.3, 0.4) is 0 Å². The van der Waals surface area contributed by atoms with Crippen molar-refractivity contribution in [2.24, 2.45) is 5.73 Å². The highest BCUT2D eigenvalue weighted by molar-refractivity contribution is 7.88. The van der Waals surface area contributed by atoms with Crippen LogP contribution >= 0.6 is 0 Å².